The number of rotatable bonds is 6. The van der Waals surface area contributed by atoms with Gasteiger partial charge >= 0.3 is 0 Å². The van der Waals surface area contributed by atoms with Crippen LogP contribution in [0.1, 0.15) is 39.0 Å². The molecule has 2 atom stereocenters. The molecular weight excluding hydrogens is 202 g/mol. The Bertz CT molecular complexity index is 244. The molecule has 1 aliphatic rings. The minimum atomic E-state index is -0.743. The van der Waals surface area contributed by atoms with Crippen LogP contribution in [0.3, 0.4) is 0 Å². The molecule has 1 fully saturated rings. The predicted octanol–water partition coefficient (Wildman–Crippen LogP) is 0.701. The first-order valence-electron chi connectivity index (χ1n) is 6.28. The standard InChI is InChI=1S/C12H25N3O/c1-3-8-15(2)9-6-10-5-4-7-12(10,14)11(13)16/h10H,3-9,14H2,1-2H3,(H2,13,16). The minimum Gasteiger partial charge on any atom is -0.368 e. The average Bonchev–Trinajstić information content (AvgIpc) is 2.59. The minimum absolute atomic E-state index is 0.268. The normalized spacial score (nSPS) is 29.9. The Morgan fingerprint density at radius 2 is 2.19 bits per heavy atom. The third-order valence-electron chi connectivity index (χ3n) is 3.79. The van der Waals surface area contributed by atoms with E-state index >= 15 is 0 Å². The molecule has 4 N–H and O–H groups in total. The van der Waals surface area contributed by atoms with E-state index in [1.807, 2.05) is 0 Å². The van der Waals surface area contributed by atoms with Crippen molar-refractivity contribution in [3.05, 3.63) is 0 Å². The Morgan fingerprint density at radius 1 is 1.50 bits per heavy atom. The van der Waals surface area contributed by atoms with E-state index in [1.54, 1.807) is 0 Å². The van der Waals surface area contributed by atoms with Crippen LogP contribution in [0.4, 0.5) is 0 Å². The van der Waals surface area contributed by atoms with Crippen molar-refractivity contribution in [3.63, 3.8) is 0 Å². The van der Waals surface area contributed by atoms with Gasteiger partial charge in [0.2, 0.25) is 5.91 Å². The highest BCUT2D eigenvalue weighted by molar-refractivity contribution is 5.85. The monoisotopic (exact) mass is 227 g/mol. The van der Waals surface area contributed by atoms with Crippen molar-refractivity contribution in [2.75, 3.05) is 20.1 Å². The van der Waals surface area contributed by atoms with Crippen LogP contribution in [0.2, 0.25) is 0 Å². The van der Waals surface area contributed by atoms with Crippen molar-refractivity contribution >= 4 is 5.91 Å². The van der Waals surface area contributed by atoms with Gasteiger partial charge in [-0.1, -0.05) is 13.3 Å². The summed E-state index contributed by atoms with van der Waals surface area (Å²) in [4.78, 5) is 13.7. The van der Waals surface area contributed by atoms with E-state index in [2.05, 4.69) is 18.9 Å². The van der Waals surface area contributed by atoms with Crippen molar-refractivity contribution in [2.45, 2.75) is 44.6 Å². The van der Waals surface area contributed by atoms with Gasteiger partial charge in [0.05, 0.1) is 5.54 Å². The van der Waals surface area contributed by atoms with Crippen molar-refractivity contribution in [1.29, 1.82) is 0 Å². The van der Waals surface area contributed by atoms with Gasteiger partial charge in [-0.3, -0.25) is 4.79 Å². The van der Waals surface area contributed by atoms with Gasteiger partial charge < -0.3 is 16.4 Å². The number of nitrogens with two attached hydrogens (primary N) is 2. The summed E-state index contributed by atoms with van der Waals surface area (Å²) in [7, 11) is 2.11. The summed E-state index contributed by atoms with van der Waals surface area (Å²) in [6, 6.07) is 0. The van der Waals surface area contributed by atoms with Crippen LogP contribution < -0.4 is 11.5 Å². The summed E-state index contributed by atoms with van der Waals surface area (Å²) in [5.74, 6) is -0.0579. The van der Waals surface area contributed by atoms with Crippen molar-refractivity contribution in [3.8, 4) is 0 Å². The van der Waals surface area contributed by atoms with E-state index in [-0.39, 0.29) is 11.8 Å². The molecule has 4 nitrogen and oxygen atoms in total. The third kappa shape index (κ3) is 2.95. The quantitative estimate of drug-likeness (QED) is 0.701. The molecule has 1 amide bonds. The fraction of sp³-hybridized carbons (Fsp3) is 0.917. The Hall–Kier alpha value is -0.610. The number of carbonyl (C=O) groups excluding carboxylic acids is 1. The van der Waals surface area contributed by atoms with Crippen LogP contribution in [-0.4, -0.2) is 36.5 Å². The first-order valence-corrected chi connectivity index (χ1v) is 6.28. The van der Waals surface area contributed by atoms with Crippen molar-refractivity contribution in [1.82, 2.24) is 4.90 Å². The summed E-state index contributed by atoms with van der Waals surface area (Å²) >= 11 is 0. The van der Waals surface area contributed by atoms with E-state index in [0.717, 1.165) is 45.2 Å². The molecule has 2 unspecified atom stereocenters. The van der Waals surface area contributed by atoms with Gasteiger partial charge in [0, 0.05) is 0 Å². The van der Waals surface area contributed by atoms with Crippen LogP contribution in [0.5, 0.6) is 0 Å². The highest BCUT2D eigenvalue weighted by atomic mass is 16.1. The number of nitrogens with zero attached hydrogens (tertiary/aromatic N) is 1. The van der Waals surface area contributed by atoms with Crippen molar-refractivity contribution in [2.24, 2.45) is 17.4 Å². The average molecular weight is 227 g/mol. The fourth-order valence-corrected chi connectivity index (χ4v) is 2.70. The molecule has 0 spiro atoms. The molecule has 0 aromatic rings. The van der Waals surface area contributed by atoms with Gasteiger partial charge in [-0.05, 0) is 51.7 Å². The van der Waals surface area contributed by atoms with E-state index < -0.39 is 5.54 Å². The number of hydrogen-bond donors (Lipinski definition) is 2. The zero-order valence-corrected chi connectivity index (χ0v) is 10.5. The highest BCUT2D eigenvalue weighted by Gasteiger charge is 2.43. The van der Waals surface area contributed by atoms with E-state index in [0.29, 0.717) is 0 Å². The first kappa shape index (κ1) is 13.5. The van der Waals surface area contributed by atoms with E-state index in [9.17, 15) is 4.79 Å². The van der Waals surface area contributed by atoms with Gasteiger partial charge in [0.15, 0.2) is 0 Å². The van der Waals surface area contributed by atoms with Gasteiger partial charge in [0.25, 0.3) is 0 Å². The molecule has 4 heteroatoms. The lowest BCUT2D eigenvalue weighted by Gasteiger charge is -2.29. The summed E-state index contributed by atoms with van der Waals surface area (Å²) in [6.45, 7) is 4.27. The smallest absolute Gasteiger partial charge is 0.237 e. The maximum Gasteiger partial charge on any atom is 0.237 e. The summed E-state index contributed by atoms with van der Waals surface area (Å²) in [5, 5.41) is 0. The van der Waals surface area contributed by atoms with E-state index in [4.69, 9.17) is 11.5 Å². The summed E-state index contributed by atoms with van der Waals surface area (Å²) in [5.41, 5.74) is 10.8. The summed E-state index contributed by atoms with van der Waals surface area (Å²) in [6.07, 6.45) is 4.96. The molecule has 0 aliphatic heterocycles. The molecule has 0 radical (unpaired) electrons. The maximum atomic E-state index is 11.4. The lowest BCUT2D eigenvalue weighted by atomic mass is 9.85. The molecule has 0 bridgehead atoms. The van der Waals surface area contributed by atoms with Gasteiger partial charge in [-0.25, -0.2) is 0 Å². The van der Waals surface area contributed by atoms with Gasteiger partial charge in [0.1, 0.15) is 0 Å². The summed E-state index contributed by atoms with van der Waals surface area (Å²) < 4.78 is 0. The van der Waals surface area contributed by atoms with Crippen LogP contribution in [0.15, 0.2) is 0 Å². The number of primary amides is 1. The number of amides is 1. The molecular formula is C12H25N3O. The topological polar surface area (TPSA) is 72.3 Å². The molecule has 0 heterocycles. The van der Waals surface area contributed by atoms with Gasteiger partial charge in [-0.15, -0.1) is 0 Å². The second-order valence-corrected chi connectivity index (χ2v) is 5.09. The lowest BCUT2D eigenvalue weighted by molar-refractivity contribution is -0.124. The number of hydrogen-bond acceptors (Lipinski definition) is 3. The lowest BCUT2D eigenvalue weighted by Crippen LogP contribution is -2.55. The molecule has 1 rings (SSSR count). The molecule has 0 aromatic carbocycles. The maximum absolute atomic E-state index is 11.4. The SMILES string of the molecule is CCCN(C)CCC1CCCC1(N)C(N)=O. The molecule has 94 valence electrons. The molecule has 1 saturated carbocycles. The van der Waals surface area contributed by atoms with Gasteiger partial charge in [-0.2, -0.15) is 0 Å². The number of carbonyl (C=O) groups is 1. The van der Waals surface area contributed by atoms with Crippen LogP contribution in [0, 0.1) is 5.92 Å². The zero-order valence-electron chi connectivity index (χ0n) is 10.5. The molecule has 16 heavy (non-hydrogen) atoms. The predicted molar refractivity (Wildman–Crippen MR) is 65.9 cm³/mol. The largest absolute Gasteiger partial charge is 0.368 e. The molecule has 1 aliphatic carbocycles. The fourth-order valence-electron chi connectivity index (χ4n) is 2.70. The third-order valence-corrected chi connectivity index (χ3v) is 3.79. The van der Waals surface area contributed by atoms with Crippen LogP contribution in [-0.2, 0) is 4.79 Å². The Labute approximate surface area is 98.3 Å². The Balaban J connectivity index is 2.44. The first-order chi connectivity index (χ1) is 7.50. The Morgan fingerprint density at radius 3 is 2.75 bits per heavy atom. The van der Waals surface area contributed by atoms with Crippen LogP contribution in [0.25, 0.3) is 0 Å². The van der Waals surface area contributed by atoms with Crippen LogP contribution >= 0.6 is 0 Å². The molecule has 0 saturated heterocycles. The van der Waals surface area contributed by atoms with Crippen molar-refractivity contribution < 1.29 is 4.79 Å². The Kier molecular flexibility index (Phi) is 4.74. The zero-order chi connectivity index (χ0) is 12.2. The molecule has 0 aromatic heterocycles. The second kappa shape index (κ2) is 5.64. The highest BCUT2D eigenvalue weighted by Crippen LogP contribution is 2.35. The second-order valence-electron chi connectivity index (χ2n) is 5.09. The van der Waals surface area contributed by atoms with E-state index in [1.165, 1.54) is 0 Å².